The van der Waals surface area contributed by atoms with Gasteiger partial charge in [0.15, 0.2) is 0 Å². The predicted octanol–water partition coefficient (Wildman–Crippen LogP) is 2.83. The maximum absolute atomic E-state index is 14.0. The van der Waals surface area contributed by atoms with Crippen molar-refractivity contribution >= 4 is 35.0 Å². The third kappa shape index (κ3) is 3.34. The number of ether oxygens (including phenoxy) is 1. The van der Waals surface area contributed by atoms with Crippen LogP contribution in [0.25, 0.3) is 11.8 Å². The summed E-state index contributed by atoms with van der Waals surface area (Å²) in [6, 6.07) is 9.63. The summed E-state index contributed by atoms with van der Waals surface area (Å²) in [6.45, 7) is -0.438. The molecule has 0 saturated carbocycles. The number of hydrogen-bond acceptors (Lipinski definition) is 5. The number of amides is 2. The summed E-state index contributed by atoms with van der Waals surface area (Å²) in [6.07, 6.45) is 3.15. The van der Waals surface area contributed by atoms with Crippen LogP contribution in [0.5, 0.6) is 0 Å². The summed E-state index contributed by atoms with van der Waals surface area (Å²) >= 11 is 0.724. The van der Waals surface area contributed by atoms with E-state index in [1.54, 1.807) is 41.1 Å². The van der Waals surface area contributed by atoms with E-state index in [9.17, 15) is 18.8 Å². The largest absolute Gasteiger partial charge is 0.468 e. The molecule has 1 fully saturated rings. The lowest BCUT2D eigenvalue weighted by Crippen LogP contribution is -2.34. The van der Waals surface area contributed by atoms with Gasteiger partial charge in [-0.15, -0.1) is 0 Å². The minimum atomic E-state index is -0.682. The van der Waals surface area contributed by atoms with Gasteiger partial charge in [-0.3, -0.25) is 19.3 Å². The van der Waals surface area contributed by atoms with E-state index in [4.69, 9.17) is 0 Å². The molecule has 6 nitrogen and oxygen atoms in total. The molecule has 1 aromatic heterocycles. The summed E-state index contributed by atoms with van der Waals surface area (Å²) in [4.78, 5) is 36.6. The van der Waals surface area contributed by atoms with E-state index >= 15 is 0 Å². The standard InChI is InChI=1S/C17H13FN2O4S/c1-24-15(21)10-20-16(22)14(25-17(20)23)9-11-5-4-8-19(11)13-7-3-2-6-12(13)18/h2-9H,10H2,1H3/b14-9-. The first kappa shape index (κ1) is 17.0. The zero-order chi connectivity index (χ0) is 18.0. The van der Waals surface area contributed by atoms with Gasteiger partial charge >= 0.3 is 5.97 Å². The van der Waals surface area contributed by atoms with Gasteiger partial charge in [-0.05, 0) is 42.1 Å². The Morgan fingerprint density at radius 3 is 2.72 bits per heavy atom. The molecule has 0 unspecified atom stereocenters. The molecule has 0 bridgehead atoms. The molecular formula is C17H13FN2O4S. The number of methoxy groups -OCH3 is 1. The number of aromatic nitrogens is 1. The fraction of sp³-hybridized carbons (Fsp3) is 0.118. The highest BCUT2D eigenvalue weighted by Gasteiger charge is 2.36. The number of hydrogen-bond donors (Lipinski definition) is 0. The van der Waals surface area contributed by atoms with Crippen LogP contribution in [-0.4, -0.2) is 40.2 Å². The van der Waals surface area contributed by atoms with Crippen molar-refractivity contribution in [3.8, 4) is 5.69 Å². The van der Waals surface area contributed by atoms with Crippen molar-refractivity contribution in [2.45, 2.75) is 0 Å². The lowest BCUT2D eigenvalue weighted by Gasteiger charge is -2.10. The van der Waals surface area contributed by atoms with Crippen molar-refractivity contribution in [1.29, 1.82) is 0 Å². The van der Waals surface area contributed by atoms with Crippen LogP contribution in [0.3, 0.4) is 0 Å². The van der Waals surface area contributed by atoms with Crippen LogP contribution in [0.4, 0.5) is 9.18 Å². The monoisotopic (exact) mass is 360 g/mol. The number of thioether (sulfide) groups is 1. The number of carbonyl (C=O) groups is 3. The topological polar surface area (TPSA) is 68.6 Å². The molecule has 0 aliphatic carbocycles. The summed E-state index contributed by atoms with van der Waals surface area (Å²) in [5.41, 5.74) is 0.862. The molecule has 1 aromatic carbocycles. The van der Waals surface area contributed by atoms with Gasteiger partial charge in [0.05, 0.1) is 17.7 Å². The third-order valence-electron chi connectivity index (χ3n) is 3.56. The number of benzene rings is 1. The van der Waals surface area contributed by atoms with E-state index in [0.717, 1.165) is 16.7 Å². The average Bonchev–Trinajstić information content (AvgIpc) is 3.15. The lowest BCUT2D eigenvalue weighted by atomic mass is 10.3. The number of imide groups is 1. The maximum atomic E-state index is 14.0. The van der Waals surface area contributed by atoms with Crippen LogP contribution in [0, 0.1) is 5.82 Å². The molecule has 0 N–H and O–H groups in total. The highest BCUT2D eigenvalue weighted by Crippen LogP contribution is 2.32. The molecular weight excluding hydrogens is 347 g/mol. The van der Waals surface area contributed by atoms with Gasteiger partial charge in [-0.25, -0.2) is 4.39 Å². The Balaban J connectivity index is 1.92. The van der Waals surface area contributed by atoms with Crippen molar-refractivity contribution in [1.82, 2.24) is 9.47 Å². The van der Waals surface area contributed by atoms with Crippen molar-refractivity contribution in [2.24, 2.45) is 0 Å². The summed E-state index contributed by atoms with van der Waals surface area (Å²) in [5.74, 6) is -1.67. The van der Waals surface area contributed by atoms with E-state index in [1.807, 2.05) is 0 Å². The van der Waals surface area contributed by atoms with E-state index in [2.05, 4.69) is 4.74 Å². The Morgan fingerprint density at radius 1 is 1.24 bits per heavy atom. The smallest absolute Gasteiger partial charge is 0.325 e. The molecule has 1 aliphatic rings. The number of carbonyl (C=O) groups excluding carboxylic acids is 3. The Morgan fingerprint density at radius 2 is 2.00 bits per heavy atom. The summed E-state index contributed by atoms with van der Waals surface area (Å²) < 4.78 is 20.1. The van der Waals surface area contributed by atoms with E-state index in [1.165, 1.54) is 19.3 Å². The Labute approximate surface area is 146 Å². The number of esters is 1. The molecule has 8 heteroatoms. The van der Waals surface area contributed by atoms with Gasteiger partial charge in [0.25, 0.3) is 11.1 Å². The first-order valence-corrected chi connectivity index (χ1v) is 8.07. The van der Waals surface area contributed by atoms with Gasteiger partial charge < -0.3 is 9.30 Å². The highest BCUT2D eigenvalue weighted by molar-refractivity contribution is 8.18. The van der Waals surface area contributed by atoms with Crippen LogP contribution in [0.2, 0.25) is 0 Å². The Hall–Kier alpha value is -2.87. The van der Waals surface area contributed by atoms with Crippen molar-refractivity contribution in [3.63, 3.8) is 0 Å². The van der Waals surface area contributed by atoms with Gasteiger partial charge in [0.2, 0.25) is 0 Å². The summed E-state index contributed by atoms with van der Waals surface area (Å²) in [5, 5.41) is -0.550. The van der Waals surface area contributed by atoms with Gasteiger partial charge in [-0.1, -0.05) is 12.1 Å². The van der Waals surface area contributed by atoms with Crippen LogP contribution in [0.1, 0.15) is 5.69 Å². The van der Waals surface area contributed by atoms with Crippen LogP contribution >= 0.6 is 11.8 Å². The molecule has 1 aliphatic heterocycles. The minimum absolute atomic E-state index is 0.158. The predicted molar refractivity (Wildman–Crippen MR) is 90.4 cm³/mol. The van der Waals surface area contributed by atoms with E-state index in [-0.39, 0.29) is 4.91 Å². The van der Waals surface area contributed by atoms with Crippen molar-refractivity contribution < 1.29 is 23.5 Å². The minimum Gasteiger partial charge on any atom is -0.468 e. The first-order chi connectivity index (χ1) is 12.0. The summed E-state index contributed by atoms with van der Waals surface area (Å²) in [7, 11) is 1.18. The molecule has 0 atom stereocenters. The molecule has 25 heavy (non-hydrogen) atoms. The second-order valence-corrected chi connectivity index (χ2v) is 6.09. The third-order valence-corrected chi connectivity index (χ3v) is 4.47. The maximum Gasteiger partial charge on any atom is 0.325 e. The molecule has 128 valence electrons. The zero-order valence-electron chi connectivity index (χ0n) is 13.1. The number of nitrogens with zero attached hydrogens (tertiary/aromatic N) is 2. The average molecular weight is 360 g/mol. The Kier molecular flexibility index (Phi) is 4.71. The lowest BCUT2D eigenvalue weighted by molar-refractivity contribution is -0.143. The zero-order valence-corrected chi connectivity index (χ0v) is 14.0. The quantitative estimate of drug-likeness (QED) is 0.619. The second-order valence-electron chi connectivity index (χ2n) is 5.10. The number of para-hydroxylation sites is 1. The van der Waals surface area contributed by atoms with Crippen molar-refractivity contribution in [2.75, 3.05) is 13.7 Å². The molecule has 3 rings (SSSR count). The van der Waals surface area contributed by atoms with Gasteiger partial charge in [0.1, 0.15) is 12.4 Å². The van der Waals surface area contributed by atoms with E-state index < -0.39 is 29.5 Å². The number of rotatable bonds is 4. The second kappa shape index (κ2) is 6.94. The molecule has 2 amide bonds. The fourth-order valence-electron chi connectivity index (χ4n) is 2.34. The van der Waals surface area contributed by atoms with Crippen molar-refractivity contribution in [3.05, 3.63) is 59.0 Å². The van der Waals surface area contributed by atoms with Gasteiger partial charge in [-0.2, -0.15) is 0 Å². The van der Waals surface area contributed by atoms with Crippen LogP contribution in [0.15, 0.2) is 47.5 Å². The SMILES string of the molecule is COC(=O)CN1C(=O)S/C(=C\c2cccn2-c2ccccc2F)C1=O. The van der Waals surface area contributed by atoms with E-state index in [0.29, 0.717) is 11.4 Å². The first-order valence-electron chi connectivity index (χ1n) is 7.25. The molecule has 2 aromatic rings. The van der Waals surface area contributed by atoms with Crippen LogP contribution < -0.4 is 0 Å². The molecule has 0 radical (unpaired) electrons. The molecule has 0 spiro atoms. The Bertz CT molecular complexity index is 890. The fourth-order valence-corrected chi connectivity index (χ4v) is 3.17. The normalized spacial score (nSPS) is 15.9. The molecule has 2 heterocycles. The number of halogens is 1. The van der Waals surface area contributed by atoms with Gasteiger partial charge in [0, 0.05) is 11.9 Å². The van der Waals surface area contributed by atoms with Crippen LogP contribution in [-0.2, 0) is 14.3 Å². The molecule has 1 saturated heterocycles. The highest BCUT2D eigenvalue weighted by atomic mass is 32.2.